The van der Waals surface area contributed by atoms with Gasteiger partial charge in [0.1, 0.15) is 17.3 Å². The number of benzene rings is 2. The molecule has 0 aliphatic carbocycles. The molecule has 1 aliphatic rings. The van der Waals surface area contributed by atoms with Crippen LogP contribution in [-0.4, -0.2) is 38.7 Å². The predicted molar refractivity (Wildman–Crippen MR) is 135 cm³/mol. The molecule has 0 spiro atoms. The first kappa shape index (κ1) is 22.4. The van der Waals surface area contributed by atoms with Gasteiger partial charge in [-0.2, -0.15) is 10.1 Å². The molecule has 2 aromatic heterocycles. The van der Waals surface area contributed by atoms with Gasteiger partial charge in [-0.25, -0.2) is 4.98 Å². The quantitative estimate of drug-likeness (QED) is 0.362. The highest BCUT2D eigenvalue weighted by Crippen LogP contribution is 2.28. The number of rotatable bonds is 7. The van der Waals surface area contributed by atoms with Crippen LogP contribution in [0.3, 0.4) is 0 Å². The van der Waals surface area contributed by atoms with Gasteiger partial charge in [-0.3, -0.25) is 9.89 Å². The highest BCUT2D eigenvalue weighted by molar-refractivity contribution is 6.04. The highest BCUT2D eigenvalue weighted by Gasteiger charge is 2.24. The van der Waals surface area contributed by atoms with Crippen LogP contribution in [0.15, 0.2) is 66.9 Å². The normalized spacial score (nSPS) is 12.8. The Hall–Kier alpha value is -4.40. The van der Waals surface area contributed by atoms with Crippen molar-refractivity contribution >= 4 is 23.5 Å². The molecule has 4 aromatic rings. The lowest BCUT2D eigenvalue weighted by atomic mass is 10.1. The monoisotopic (exact) mass is 469 g/mol. The molecule has 1 aliphatic heterocycles. The fraction of sp³-hybridized carbons (Fsp3) is 0.231. The summed E-state index contributed by atoms with van der Waals surface area (Å²) < 4.78 is 5.87. The molecule has 0 saturated heterocycles. The number of ether oxygens (including phenoxy) is 1. The van der Waals surface area contributed by atoms with E-state index >= 15 is 0 Å². The molecule has 3 N–H and O–H groups in total. The highest BCUT2D eigenvalue weighted by atomic mass is 16.5. The second kappa shape index (κ2) is 9.84. The van der Waals surface area contributed by atoms with Crippen LogP contribution in [-0.2, 0) is 13.0 Å². The maximum atomic E-state index is 13.0. The molecular weight excluding hydrogens is 442 g/mol. The minimum Gasteiger partial charge on any atom is -0.457 e. The van der Waals surface area contributed by atoms with Gasteiger partial charge in [-0.15, -0.1) is 0 Å². The summed E-state index contributed by atoms with van der Waals surface area (Å²) in [6, 6.07) is 18.7. The van der Waals surface area contributed by atoms with E-state index in [1.165, 1.54) is 0 Å². The summed E-state index contributed by atoms with van der Waals surface area (Å²) in [6.07, 6.45) is 2.53. The van der Waals surface area contributed by atoms with E-state index in [4.69, 9.17) is 4.74 Å². The summed E-state index contributed by atoms with van der Waals surface area (Å²) in [7, 11) is 0. The smallest absolute Gasteiger partial charge is 0.257 e. The first-order chi connectivity index (χ1) is 17.0. The van der Waals surface area contributed by atoms with Crippen LogP contribution < -0.4 is 20.3 Å². The van der Waals surface area contributed by atoms with Gasteiger partial charge in [-0.05, 0) is 50.2 Å². The van der Waals surface area contributed by atoms with Crippen molar-refractivity contribution in [2.75, 3.05) is 22.1 Å². The van der Waals surface area contributed by atoms with Crippen molar-refractivity contribution in [3.8, 4) is 11.5 Å². The Morgan fingerprint density at radius 2 is 1.91 bits per heavy atom. The van der Waals surface area contributed by atoms with E-state index < -0.39 is 0 Å². The molecule has 0 bridgehead atoms. The Bertz CT molecular complexity index is 1320. The number of carbonyl (C=O) groups excluding carboxylic acids is 1. The first-order valence-electron chi connectivity index (χ1n) is 11.6. The average Bonchev–Trinajstić information content (AvgIpc) is 3.26. The number of aromatic amines is 1. The fourth-order valence-corrected chi connectivity index (χ4v) is 3.95. The molecule has 178 valence electrons. The van der Waals surface area contributed by atoms with Crippen molar-refractivity contribution in [3.63, 3.8) is 0 Å². The molecule has 5 rings (SSSR count). The maximum absolute atomic E-state index is 13.0. The van der Waals surface area contributed by atoms with Gasteiger partial charge in [0.2, 0.25) is 5.95 Å². The van der Waals surface area contributed by atoms with Gasteiger partial charge in [0.15, 0.2) is 5.82 Å². The molecule has 0 radical (unpaired) electrons. The Balaban J connectivity index is 1.30. The third kappa shape index (κ3) is 5.24. The second-order valence-electron chi connectivity index (χ2n) is 8.64. The average molecular weight is 470 g/mol. The molecule has 35 heavy (non-hydrogen) atoms. The Morgan fingerprint density at radius 1 is 1.09 bits per heavy atom. The van der Waals surface area contributed by atoms with Crippen LogP contribution in [0, 0.1) is 0 Å². The minimum atomic E-state index is -0.250. The summed E-state index contributed by atoms with van der Waals surface area (Å²) in [4.78, 5) is 24.1. The lowest BCUT2D eigenvalue weighted by Gasteiger charge is -2.28. The van der Waals surface area contributed by atoms with Crippen molar-refractivity contribution < 1.29 is 9.53 Å². The molecule has 3 heterocycles. The number of aromatic nitrogens is 4. The lowest BCUT2D eigenvalue weighted by molar-refractivity contribution is 0.102. The van der Waals surface area contributed by atoms with Crippen molar-refractivity contribution in [1.29, 1.82) is 0 Å². The van der Waals surface area contributed by atoms with Crippen molar-refractivity contribution in [2.45, 2.75) is 32.9 Å². The number of fused-ring (bicyclic) bond motifs is 1. The number of anilines is 3. The molecule has 0 fully saturated rings. The van der Waals surface area contributed by atoms with E-state index in [2.05, 4.69) is 35.7 Å². The molecular formula is C26H27N7O2. The number of hydrogen-bond acceptors (Lipinski definition) is 7. The van der Waals surface area contributed by atoms with E-state index in [-0.39, 0.29) is 11.9 Å². The second-order valence-corrected chi connectivity index (χ2v) is 8.64. The summed E-state index contributed by atoms with van der Waals surface area (Å²) in [6.45, 7) is 5.47. The summed E-state index contributed by atoms with van der Waals surface area (Å²) in [5.41, 5.74) is 2.47. The SMILES string of the molecule is CC(C)Nc1nccc(N2CCc3[nH]nc(NC(=O)c4cccc(Oc5ccccc5)c4)c3C2)n1. The third-order valence-electron chi connectivity index (χ3n) is 5.62. The summed E-state index contributed by atoms with van der Waals surface area (Å²) in [5, 5.41) is 13.7. The molecule has 9 nitrogen and oxygen atoms in total. The van der Waals surface area contributed by atoms with Crippen LogP contribution in [0.5, 0.6) is 11.5 Å². The van der Waals surface area contributed by atoms with Crippen molar-refractivity contribution in [2.24, 2.45) is 0 Å². The zero-order chi connectivity index (χ0) is 24.2. The van der Waals surface area contributed by atoms with E-state index in [1.807, 2.05) is 56.3 Å². The molecule has 1 amide bonds. The van der Waals surface area contributed by atoms with Crippen molar-refractivity contribution in [1.82, 2.24) is 20.2 Å². The van der Waals surface area contributed by atoms with Crippen LogP contribution in [0.2, 0.25) is 0 Å². The standard InChI is InChI=1S/C26H27N7O2/c1-17(2)28-26-27-13-11-23(29-26)33-14-12-22-21(16-33)24(32-31-22)30-25(34)18-7-6-10-20(15-18)35-19-8-4-3-5-9-19/h3-11,13,15,17H,12,14,16H2,1-2H3,(H,27,28,29)(H2,30,31,32,34). The number of para-hydroxylation sites is 1. The molecule has 0 saturated carbocycles. The molecule has 2 aromatic carbocycles. The van der Waals surface area contributed by atoms with E-state index in [1.54, 1.807) is 24.4 Å². The zero-order valence-corrected chi connectivity index (χ0v) is 19.7. The van der Waals surface area contributed by atoms with Crippen molar-refractivity contribution in [3.05, 3.63) is 83.7 Å². The zero-order valence-electron chi connectivity index (χ0n) is 19.7. The fourth-order valence-electron chi connectivity index (χ4n) is 3.95. The largest absolute Gasteiger partial charge is 0.457 e. The molecule has 9 heteroatoms. The number of nitrogens with zero attached hydrogens (tertiary/aromatic N) is 4. The van der Waals surface area contributed by atoms with Gasteiger partial charge in [0.25, 0.3) is 5.91 Å². The maximum Gasteiger partial charge on any atom is 0.257 e. The van der Waals surface area contributed by atoms with E-state index in [0.717, 1.165) is 30.0 Å². The van der Waals surface area contributed by atoms with Gasteiger partial charge in [0, 0.05) is 48.6 Å². The van der Waals surface area contributed by atoms with Gasteiger partial charge < -0.3 is 20.3 Å². The van der Waals surface area contributed by atoms with Crippen LogP contribution in [0.1, 0.15) is 35.5 Å². The van der Waals surface area contributed by atoms with E-state index in [0.29, 0.717) is 35.4 Å². The Morgan fingerprint density at radius 3 is 2.74 bits per heavy atom. The summed E-state index contributed by atoms with van der Waals surface area (Å²) in [5.74, 6) is 3.01. The van der Waals surface area contributed by atoms with E-state index in [9.17, 15) is 4.79 Å². The van der Waals surface area contributed by atoms with Gasteiger partial charge in [-0.1, -0.05) is 24.3 Å². The Labute approximate surface area is 203 Å². The number of amides is 1. The van der Waals surface area contributed by atoms with Crippen LogP contribution in [0.25, 0.3) is 0 Å². The molecule has 0 unspecified atom stereocenters. The number of hydrogen-bond donors (Lipinski definition) is 3. The number of carbonyl (C=O) groups is 1. The first-order valence-corrected chi connectivity index (χ1v) is 11.6. The third-order valence-corrected chi connectivity index (χ3v) is 5.62. The lowest BCUT2D eigenvalue weighted by Crippen LogP contribution is -2.31. The predicted octanol–water partition coefficient (Wildman–Crippen LogP) is 4.63. The van der Waals surface area contributed by atoms with Gasteiger partial charge >= 0.3 is 0 Å². The van der Waals surface area contributed by atoms with Crippen LogP contribution >= 0.6 is 0 Å². The van der Waals surface area contributed by atoms with Gasteiger partial charge in [0.05, 0.1) is 0 Å². The molecule has 0 atom stereocenters. The topological polar surface area (TPSA) is 108 Å². The Kier molecular flexibility index (Phi) is 6.30. The minimum absolute atomic E-state index is 0.241. The number of nitrogens with one attached hydrogen (secondary N) is 3. The summed E-state index contributed by atoms with van der Waals surface area (Å²) >= 11 is 0. The van der Waals surface area contributed by atoms with Crippen LogP contribution in [0.4, 0.5) is 17.6 Å². The number of H-pyrrole nitrogens is 1.